The van der Waals surface area contributed by atoms with E-state index in [-0.39, 0.29) is 18.5 Å². The van der Waals surface area contributed by atoms with Gasteiger partial charge in [-0.3, -0.25) is 9.59 Å². The van der Waals surface area contributed by atoms with Crippen LogP contribution >= 0.6 is 0 Å². The summed E-state index contributed by atoms with van der Waals surface area (Å²) in [4.78, 5) is 24.6. The number of allylic oxidation sites excluding steroid dienone is 4. The molecule has 6 nitrogen and oxygen atoms in total. The molecule has 0 aliphatic heterocycles. The summed E-state index contributed by atoms with van der Waals surface area (Å²) in [5, 5.41) is 23.3. The van der Waals surface area contributed by atoms with E-state index >= 15 is 0 Å². The van der Waals surface area contributed by atoms with Gasteiger partial charge < -0.3 is 20.3 Å². The first-order valence-electron chi connectivity index (χ1n) is 30.6. The number of carbonyl (C=O) groups excluding carboxylic acids is 2. The molecular formula is C62H119NO5. The number of esters is 1. The fraction of sp³-hybridized carbons (Fsp3) is 0.903. The van der Waals surface area contributed by atoms with Crippen LogP contribution in [0.25, 0.3) is 0 Å². The molecule has 0 bridgehead atoms. The minimum absolute atomic E-state index is 0.0191. The van der Waals surface area contributed by atoms with Crippen LogP contribution < -0.4 is 5.32 Å². The van der Waals surface area contributed by atoms with Gasteiger partial charge in [-0.1, -0.05) is 269 Å². The lowest BCUT2D eigenvalue weighted by molar-refractivity contribution is -0.143. The second-order valence-corrected chi connectivity index (χ2v) is 21.0. The second-order valence-electron chi connectivity index (χ2n) is 21.0. The highest BCUT2D eigenvalue weighted by Gasteiger charge is 2.20. The third-order valence-electron chi connectivity index (χ3n) is 14.2. The Balaban J connectivity index is 3.48. The van der Waals surface area contributed by atoms with Crippen molar-refractivity contribution in [3.63, 3.8) is 0 Å². The number of aliphatic hydroxyl groups excluding tert-OH is 2. The minimum atomic E-state index is -0.683. The summed E-state index contributed by atoms with van der Waals surface area (Å²) < 4.78 is 5.47. The second kappa shape index (κ2) is 57.9. The van der Waals surface area contributed by atoms with E-state index in [9.17, 15) is 19.8 Å². The number of hydrogen-bond donors (Lipinski definition) is 3. The first-order valence-corrected chi connectivity index (χ1v) is 30.6. The average molecular weight is 959 g/mol. The Morgan fingerprint density at radius 2 is 0.691 bits per heavy atom. The van der Waals surface area contributed by atoms with Crippen molar-refractivity contribution in [2.24, 2.45) is 0 Å². The van der Waals surface area contributed by atoms with Crippen LogP contribution in [0.4, 0.5) is 0 Å². The Kier molecular flexibility index (Phi) is 56.5. The van der Waals surface area contributed by atoms with Crippen LogP contribution in [0.1, 0.15) is 335 Å². The monoisotopic (exact) mass is 958 g/mol. The topological polar surface area (TPSA) is 95.9 Å². The molecule has 402 valence electrons. The van der Waals surface area contributed by atoms with Crippen molar-refractivity contribution in [1.29, 1.82) is 0 Å². The van der Waals surface area contributed by atoms with Crippen LogP contribution in [0.15, 0.2) is 24.3 Å². The van der Waals surface area contributed by atoms with Crippen LogP contribution in [-0.2, 0) is 14.3 Å². The lowest BCUT2D eigenvalue weighted by Crippen LogP contribution is -2.45. The molecule has 2 unspecified atom stereocenters. The maximum Gasteiger partial charge on any atom is 0.305 e. The van der Waals surface area contributed by atoms with Crippen molar-refractivity contribution in [3.8, 4) is 0 Å². The van der Waals surface area contributed by atoms with Crippen molar-refractivity contribution in [2.75, 3.05) is 13.2 Å². The molecule has 0 heterocycles. The average Bonchev–Trinajstić information content (AvgIpc) is 3.34. The largest absolute Gasteiger partial charge is 0.466 e. The molecule has 0 aliphatic rings. The Morgan fingerprint density at radius 1 is 0.397 bits per heavy atom. The molecule has 6 heteroatoms. The molecule has 0 aliphatic carbocycles. The van der Waals surface area contributed by atoms with Gasteiger partial charge in [0.15, 0.2) is 0 Å². The fourth-order valence-corrected chi connectivity index (χ4v) is 9.51. The Bertz CT molecular complexity index is 1060. The molecule has 3 N–H and O–H groups in total. The zero-order valence-corrected chi connectivity index (χ0v) is 45.9. The maximum atomic E-state index is 12.5. The van der Waals surface area contributed by atoms with Crippen LogP contribution in [0, 0.1) is 0 Å². The molecule has 0 aromatic heterocycles. The Morgan fingerprint density at radius 3 is 1.06 bits per heavy atom. The van der Waals surface area contributed by atoms with Gasteiger partial charge in [0.2, 0.25) is 5.91 Å². The predicted molar refractivity (Wildman–Crippen MR) is 296 cm³/mol. The Hall–Kier alpha value is -1.66. The standard InChI is InChI=1S/C62H119NO5/c1-3-5-7-9-11-13-15-17-19-21-22-23-24-25-26-27-30-34-38-42-46-50-54-60(65)59(58-64)63-61(66)55-51-47-43-39-35-31-29-33-37-41-45-49-53-57-68-62(67)56-52-48-44-40-36-32-28-20-18-16-14-12-10-8-6-4-2/h20,28,31,35,59-60,64-65H,3-19,21-27,29-30,32-34,36-58H2,1-2H3,(H,63,66)/b28-20-,35-31-. The van der Waals surface area contributed by atoms with Crippen molar-refractivity contribution in [2.45, 2.75) is 347 Å². The third kappa shape index (κ3) is 53.7. The van der Waals surface area contributed by atoms with Gasteiger partial charge in [0.25, 0.3) is 0 Å². The van der Waals surface area contributed by atoms with Gasteiger partial charge >= 0.3 is 5.97 Å². The van der Waals surface area contributed by atoms with Crippen LogP contribution in [0.2, 0.25) is 0 Å². The number of ether oxygens (including phenoxy) is 1. The van der Waals surface area contributed by atoms with Crippen molar-refractivity contribution >= 4 is 11.9 Å². The maximum absolute atomic E-state index is 12.5. The summed E-state index contributed by atoms with van der Waals surface area (Å²) in [6, 6.07) is -0.563. The van der Waals surface area contributed by atoms with Crippen molar-refractivity contribution < 1.29 is 24.5 Å². The van der Waals surface area contributed by atoms with Crippen LogP contribution in [0.3, 0.4) is 0 Å². The van der Waals surface area contributed by atoms with Gasteiger partial charge in [0.05, 0.1) is 25.4 Å². The molecule has 1 amide bonds. The number of aliphatic hydroxyl groups is 2. The fourth-order valence-electron chi connectivity index (χ4n) is 9.51. The van der Waals surface area contributed by atoms with E-state index in [1.165, 1.54) is 231 Å². The molecule has 68 heavy (non-hydrogen) atoms. The number of rotatable bonds is 57. The predicted octanol–water partition coefficient (Wildman–Crippen LogP) is 19.0. The lowest BCUT2D eigenvalue weighted by atomic mass is 10.0. The third-order valence-corrected chi connectivity index (χ3v) is 14.2. The van der Waals surface area contributed by atoms with Crippen LogP contribution in [-0.4, -0.2) is 47.4 Å². The summed E-state index contributed by atoms with van der Waals surface area (Å²) >= 11 is 0. The zero-order valence-electron chi connectivity index (χ0n) is 45.9. The van der Waals surface area contributed by atoms with E-state index in [0.717, 1.165) is 70.6 Å². The highest BCUT2D eigenvalue weighted by molar-refractivity contribution is 5.76. The van der Waals surface area contributed by atoms with Gasteiger partial charge in [-0.2, -0.15) is 0 Å². The lowest BCUT2D eigenvalue weighted by Gasteiger charge is -2.22. The van der Waals surface area contributed by atoms with Gasteiger partial charge in [-0.05, 0) is 77.0 Å². The van der Waals surface area contributed by atoms with Crippen LogP contribution in [0.5, 0.6) is 0 Å². The number of amides is 1. The Labute approximate surface area is 424 Å². The zero-order chi connectivity index (χ0) is 49.3. The molecule has 0 saturated carbocycles. The van der Waals surface area contributed by atoms with Crippen molar-refractivity contribution in [1.82, 2.24) is 5.32 Å². The summed E-state index contributed by atoms with van der Waals surface area (Å²) in [5.41, 5.74) is 0. The molecule has 0 radical (unpaired) electrons. The van der Waals surface area contributed by atoms with E-state index in [4.69, 9.17) is 4.74 Å². The van der Waals surface area contributed by atoms with E-state index in [1.54, 1.807) is 0 Å². The highest BCUT2D eigenvalue weighted by atomic mass is 16.5. The van der Waals surface area contributed by atoms with Crippen molar-refractivity contribution in [3.05, 3.63) is 24.3 Å². The summed E-state index contributed by atoms with van der Waals surface area (Å²) in [5.74, 6) is -0.0812. The molecule has 0 saturated heterocycles. The quantitative estimate of drug-likeness (QED) is 0.0321. The van der Waals surface area contributed by atoms with E-state index in [1.807, 2.05) is 0 Å². The molecule has 0 fully saturated rings. The molecular weight excluding hydrogens is 839 g/mol. The summed E-state index contributed by atoms with van der Waals surface area (Å²) in [6.45, 7) is 4.93. The molecule has 0 aromatic rings. The van der Waals surface area contributed by atoms with Gasteiger partial charge in [0.1, 0.15) is 0 Å². The summed E-state index contributed by atoms with van der Waals surface area (Å²) in [7, 11) is 0. The first kappa shape index (κ1) is 66.3. The number of nitrogens with one attached hydrogen (secondary N) is 1. The first-order chi connectivity index (χ1) is 33.5. The molecule has 0 rings (SSSR count). The number of hydrogen-bond acceptors (Lipinski definition) is 5. The smallest absolute Gasteiger partial charge is 0.305 e. The van der Waals surface area contributed by atoms with Gasteiger partial charge in [0, 0.05) is 12.8 Å². The molecule has 2 atom stereocenters. The highest BCUT2D eigenvalue weighted by Crippen LogP contribution is 2.17. The SMILES string of the molecule is CCCCCCCCC/C=C\CCCCCCCC(=O)OCCCCCCCC/C=C\CCCCCC(=O)NC(CO)C(O)CCCCCCCCCCCCCCCCCCCCCCCC. The molecule has 0 aromatic carbocycles. The van der Waals surface area contributed by atoms with E-state index in [0.29, 0.717) is 25.9 Å². The summed E-state index contributed by atoms with van der Waals surface area (Å²) in [6.07, 6.45) is 70.3. The minimum Gasteiger partial charge on any atom is -0.466 e. The normalized spacial score (nSPS) is 12.7. The van der Waals surface area contributed by atoms with Gasteiger partial charge in [-0.25, -0.2) is 0 Å². The number of carbonyl (C=O) groups is 2. The van der Waals surface area contributed by atoms with E-state index in [2.05, 4.69) is 43.5 Å². The van der Waals surface area contributed by atoms with E-state index < -0.39 is 12.1 Å². The number of unbranched alkanes of at least 4 members (excludes halogenated alkanes) is 42. The van der Waals surface area contributed by atoms with Gasteiger partial charge in [-0.15, -0.1) is 0 Å². The molecule has 0 spiro atoms.